The van der Waals surface area contributed by atoms with E-state index in [2.05, 4.69) is 29.9 Å². The van der Waals surface area contributed by atoms with Crippen LogP contribution in [-0.2, 0) is 0 Å². The molecule has 4 rings (SSSR count). The van der Waals surface area contributed by atoms with Crippen molar-refractivity contribution < 1.29 is 4.79 Å². The molecule has 1 N–H and O–H groups in total. The summed E-state index contributed by atoms with van der Waals surface area (Å²) in [6.45, 7) is 5.83. The number of H-pyrrole nitrogens is 1. The molecule has 3 aromatic rings. The lowest BCUT2D eigenvalue weighted by Gasteiger charge is -2.06. The van der Waals surface area contributed by atoms with E-state index in [1.807, 2.05) is 31.4 Å². The molecule has 130 valence electrons. The number of aromatic nitrogens is 7. The van der Waals surface area contributed by atoms with Crippen LogP contribution >= 0.6 is 11.8 Å². The molecule has 0 aromatic carbocycles. The van der Waals surface area contributed by atoms with Crippen molar-refractivity contribution >= 4 is 17.5 Å². The Morgan fingerprint density at radius 3 is 2.80 bits per heavy atom. The number of aryl methyl sites for hydroxylation is 2. The molecule has 0 radical (unpaired) electrons. The minimum absolute atomic E-state index is 0.0758. The Balaban J connectivity index is 1.53. The van der Waals surface area contributed by atoms with Gasteiger partial charge in [0.15, 0.2) is 10.9 Å². The van der Waals surface area contributed by atoms with Crippen LogP contribution in [0.2, 0.25) is 0 Å². The number of nitrogens with one attached hydrogen (secondary N) is 1. The van der Waals surface area contributed by atoms with Crippen molar-refractivity contribution in [3.63, 3.8) is 0 Å². The predicted octanol–water partition coefficient (Wildman–Crippen LogP) is 2.42. The summed E-state index contributed by atoms with van der Waals surface area (Å²) in [4.78, 5) is 16.9. The SMILES string of the molecule is Cc1cc(C(=O)CSc2nnc(C)n2C2CC2)c(C)n1-c1ncn[nH]1. The van der Waals surface area contributed by atoms with Crippen molar-refractivity contribution in [2.75, 3.05) is 5.75 Å². The van der Waals surface area contributed by atoms with Crippen molar-refractivity contribution in [2.24, 2.45) is 0 Å². The highest BCUT2D eigenvalue weighted by Crippen LogP contribution is 2.38. The number of thioether (sulfide) groups is 1. The van der Waals surface area contributed by atoms with Crippen LogP contribution in [0.1, 0.15) is 46.5 Å². The van der Waals surface area contributed by atoms with Gasteiger partial charge in [-0.3, -0.25) is 9.36 Å². The summed E-state index contributed by atoms with van der Waals surface area (Å²) in [6.07, 6.45) is 3.79. The highest BCUT2D eigenvalue weighted by Gasteiger charge is 2.28. The molecule has 1 saturated carbocycles. The number of nitrogens with zero attached hydrogens (tertiary/aromatic N) is 6. The van der Waals surface area contributed by atoms with E-state index in [0.29, 0.717) is 23.3 Å². The van der Waals surface area contributed by atoms with E-state index in [4.69, 9.17) is 0 Å². The van der Waals surface area contributed by atoms with Gasteiger partial charge in [-0.15, -0.1) is 10.2 Å². The number of aromatic amines is 1. The van der Waals surface area contributed by atoms with E-state index >= 15 is 0 Å². The van der Waals surface area contributed by atoms with Crippen molar-refractivity contribution in [1.82, 2.24) is 34.5 Å². The Labute approximate surface area is 149 Å². The van der Waals surface area contributed by atoms with Crippen LogP contribution in [-0.4, -0.2) is 46.0 Å². The molecule has 0 amide bonds. The third-order valence-electron chi connectivity index (χ3n) is 4.43. The first-order valence-electron chi connectivity index (χ1n) is 8.18. The molecule has 3 heterocycles. The second-order valence-electron chi connectivity index (χ2n) is 6.27. The average molecular weight is 357 g/mol. The van der Waals surface area contributed by atoms with Crippen LogP contribution in [0.4, 0.5) is 0 Å². The molecule has 9 heteroatoms. The van der Waals surface area contributed by atoms with E-state index in [1.165, 1.54) is 30.9 Å². The first-order valence-corrected chi connectivity index (χ1v) is 9.17. The molecule has 0 unspecified atom stereocenters. The van der Waals surface area contributed by atoms with E-state index in [0.717, 1.165) is 22.4 Å². The van der Waals surface area contributed by atoms with Gasteiger partial charge in [-0.25, -0.2) is 5.10 Å². The van der Waals surface area contributed by atoms with Crippen LogP contribution in [0.25, 0.3) is 5.95 Å². The van der Waals surface area contributed by atoms with Gasteiger partial charge in [0.05, 0.1) is 5.75 Å². The first kappa shape index (κ1) is 16.1. The molecule has 0 atom stereocenters. The zero-order chi connectivity index (χ0) is 17.6. The molecule has 0 saturated heterocycles. The summed E-state index contributed by atoms with van der Waals surface area (Å²) in [6, 6.07) is 2.40. The van der Waals surface area contributed by atoms with Gasteiger partial charge in [-0.05, 0) is 39.7 Å². The van der Waals surface area contributed by atoms with E-state index in [9.17, 15) is 4.79 Å². The summed E-state index contributed by atoms with van der Waals surface area (Å²) < 4.78 is 4.05. The van der Waals surface area contributed by atoms with Crippen molar-refractivity contribution in [3.05, 3.63) is 35.2 Å². The zero-order valence-corrected chi connectivity index (χ0v) is 15.2. The lowest BCUT2D eigenvalue weighted by molar-refractivity contribution is 0.102. The fourth-order valence-corrected chi connectivity index (χ4v) is 4.02. The summed E-state index contributed by atoms with van der Waals surface area (Å²) in [5, 5.41) is 15.9. The Hall–Kier alpha value is -2.42. The second kappa shape index (κ2) is 6.14. The monoisotopic (exact) mass is 357 g/mol. The average Bonchev–Trinajstić information content (AvgIpc) is 3.00. The van der Waals surface area contributed by atoms with E-state index in [-0.39, 0.29) is 5.78 Å². The Morgan fingerprint density at radius 2 is 2.12 bits per heavy atom. The largest absolute Gasteiger partial charge is 0.303 e. The lowest BCUT2D eigenvalue weighted by atomic mass is 10.2. The van der Waals surface area contributed by atoms with Crippen molar-refractivity contribution in [1.29, 1.82) is 0 Å². The normalized spacial score (nSPS) is 14.2. The summed E-state index contributed by atoms with van der Waals surface area (Å²) in [5.74, 6) is 1.95. The third kappa shape index (κ3) is 2.88. The van der Waals surface area contributed by atoms with Gasteiger partial charge in [0.2, 0.25) is 5.95 Å². The number of rotatable bonds is 6. The lowest BCUT2D eigenvalue weighted by Crippen LogP contribution is -2.07. The standard InChI is InChI=1S/C16H19N7OS/c1-9-6-13(10(2)22(9)15-17-8-18-20-15)14(24)7-25-16-21-19-11(3)23(16)12-4-5-12/h6,8,12H,4-5,7H2,1-3H3,(H,17,18,20). The van der Waals surface area contributed by atoms with Crippen molar-refractivity contribution in [2.45, 2.75) is 44.8 Å². The molecule has 1 aliphatic rings. The number of hydrogen-bond acceptors (Lipinski definition) is 6. The summed E-state index contributed by atoms with van der Waals surface area (Å²) in [7, 11) is 0. The molecule has 3 aromatic heterocycles. The predicted molar refractivity (Wildman–Crippen MR) is 93.3 cm³/mol. The maximum Gasteiger partial charge on any atom is 0.229 e. The molecule has 0 aliphatic heterocycles. The Morgan fingerprint density at radius 1 is 1.32 bits per heavy atom. The topological polar surface area (TPSA) is 94.3 Å². The Bertz CT molecular complexity index is 921. The molecular formula is C16H19N7OS. The number of carbonyl (C=O) groups is 1. The fraction of sp³-hybridized carbons (Fsp3) is 0.438. The number of hydrogen-bond donors (Lipinski definition) is 1. The molecule has 0 spiro atoms. The molecule has 0 bridgehead atoms. The zero-order valence-electron chi connectivity index (χ0n) is 14.4. The van der Waals surface area contributed by atoms with E-state index < -0.39 is 0 Å². The van der Waals surface area contributed by atoms with Crippen LogP contribution in [0.15, 0.2) is 17.6 Å². The molecule has 1 aliphatic carbocycles. The van der Waals surface area contributed by atoms with Gasteiger partial charge in [0.25, 0.3) is 0 Å². The quantitative estimate of drug-likeness (QED) is 0.538. The van der Waals surface area contributed by atoms with Crippen LogP contribution < -0.4 is 0 Å². The highest BCUT2D eigenvalue weighted by atomic mass is 32.2. The fourth-order valence-electron chi connectivity index (χ4n) is 3.09. The number of carbonyl (C=O) groups excluding carboxylic acids is 1. The first-order chi connectivity index (χ1) is 12.1. The number of ketones is 1. The minimum Gasteiger partial charge on any atom is -0.303 e. The number of Topliss-reactive ketones (excluding diaryl/α,β-unsaturated/α-hetero) is 1. The molecular weight excluding hydrogens is 338 g/mol. The van der Waals surface area contributed by atoms with Crippen molar-refractivity contribution in [3.8, 4) is 5.95 Å². The van der Waals surface area contributed by atoms with Crippen LogP contribution in [0.5, 0.6) is 0 Å². The van der Waals surface area contributed by atoms with Gasteiger partial charge in [0, 0.05) is 23.0 Å². The third-order valence-corrected chi connectivity index (χ3v) is 5.37. The highest BCUT2D eigenvalue weighted by molar-refractivity contribution is 7.99. The van der Waals surface area contributed by atoms with Gasteiger partial charge in [-0.1, -0.05) is 11.8 Å². The van der Waals surface area contributed by atoms with Gasteiger partial charge < -0.3 is 4.57 Å². The van der Waals surface area contributed by atoms with Gasteiger partial charge in [0.1, 0.15) is 12.2 Å². The summed E-state index contributed by atoms with van der Waals surface area (Å²) >= 11 is 1.46. The smallest absolute Gasteiger partial charge is 0.229 e. The van der Waals surface area contributed by atoms with Gasteiger partial charge >= 0.3 is 0 Å². The second-order valence-corrected chi connectivity index (χ2v) is 7.21. The molecule has 1 fully saturated rings. The maximum absolute atomic E-state index is 12.7. The molecule has 8 nitrogen and oxygen atoms in total. The van der Waals surface area contributed by atoms with E-state index in [1.54, 1.807) is 0 Å². The van der Waals surface area contributed by atoms with Crippen LogP contribution in [0, 0.1) is 20.8 Å². The maximum atomic E-state index is 12.7. The van der Waals surface area contributed by atoms with Gasteiger partial charge in [-0.2, -0.15) is 10.1 Å². The summed E-state index contributed by atoms with van der Waals surface area (Å²) in [5.41, 5.74) is 2.51. The van der Waals surface area contributed by atoms with Crippen LogP contribution in [0.3, 0.4) is 0 Å². The molecule has 25 heavy (non-hydrogen) atoms. The Kier molecular flexibility index (Phi) is 3.95. The minimum atomic E-state index is 0.0758.